The van der Waals surface area contributed by atoms with Crippen LogP contribution in [0.5, 0.6) is 5.75 Å². The molecule has 184 valence electrons. The lowest BCUT2D eigenvalue weighted by atomic mass is 10.1. The Balaban J connectivity index is 1.79. The molecule has 3 rings (SSSR count). The van der Waals surface area contributed by atoms with Crippen molar-refractivity contribution in [2.45, 2.75) is 51.4 Å². The van der Waals surface area contributed by atoms with Crippen LogP contribution in [-0.4, -0.2) is 39.9 Å². The Morgan fingerprint density at radius 2 is 2.09 bits per heavy atom. The molecule has 11 heteroatoms. The molecular formula is C23H27F3N4O4. The number of hydrogen-bond donors (Lipinski definition) is 1. The van der Waals surface area contributed by atoms with E-state index in [1.165, 1.54) is 18.2 Å². The number of alkyl halides is 3. The van der Waals surface area contributed by atoms with Gasteiger partial charge in [0.05, 0.1) is 5.56 Å². The van der Waals surface area contributed by atoms with Crippen LogP contribution < -0.4 is 10.1 Å². The minimum atomic E-state index is -4.63. The summed E-state index contributed by atoms with van der Waals surface area (Å²) in [6.07, 6.45) is -2.51. The molecular weight excluding hydrogens is 453 g/mol. The van der Waals surface area contributed by atoms with Crippen molar-refractivity contribution >= 4 is 6.09 Å². The maximum atomic E-state index is 13.5. The molecule has 34 heavy (non-hydrogen) atoms. The van der Waals surface area contributed by atoms with Gasteiger partial charge in [0.1, 0.15) is 29.8 Å². The molecule has 0 bridgehead atoms. The first kappa shape index (κ1) is 25.1. The molecule has 1 atom stereocenters. The molecule has 8 nitrogen and oxygen atoms in total. The van der Waals surface area contributed by atoms with Crippen molar-refractivity contribution in [2.75, 3.05) is 13.2 Å². The zero-order valence-electron chi connectivity index (χ0n) is 19.2. The van der Waals surface area contributed by atoms with E-state index >= 15 is 0 Å². The van der Waals surface area contributed by atoms with Crippen LogP contribution in [-0.2, 0) is 10.9 Å². The van der Waals surface area contributed by atoms with Gasteiger partial charge in [-0.2, -0.15) is 18.2 Å². The fourth-order valence-corrected chi connectivity index (χ4v) is 3.49. The van der Waals surface area contributed by atoms with Crippen LogP contribution in [0.3, 0.4) is 0 Å². The number of rotatable bonds is 7. The van der Waals surface area contributed by atoms with E-state index in [-0.39, 0.29) is 35.7 Å². The predicted molar refractivity (Wildman–Crippen MR) is 118 cm³/mol. The van der Waals surface area contributed by atoms with Gasteiger partial charge in [-0.3, -0.25) is 5.32 Å². The maximum Gasteiger partial charge on any atom is 0.419 e. The minimum Gasteiger partial charge on any atom is -0.489 e. The number of benzene rings is 1. The van der Waals surface area contributed by atoms with E-state index < -0.39 is 23.4 Å². The van der Waals surface area contributed by atoms with Gasteiger partial charge in [0.15, 0.2) is 0 Å². The Morgan fingerprint density at radius 3 is 2.74 bits per heavy atom. The van der Waals surface area contributed by atoms with Gasteiger partial charge in [-0.15, -0.1) is 0 Å². The zero-order chi connectivity index (χ0) is 25.1. The van der Waals surface area contributed by atoms with Crippen molar-refractivity contribution < 1.29 is 32.0 Å². The van der Waals surface area contributed by atoms with Crippen LogP contribution in [0.25, 0.3) is 11.4 Å². The number of amides is 1. The number of halogens is 3. The molecule has 1 aliphatic rings. The molecule has 1 N–H and O–H groups in total. The van der Waals surface area contributed by atoms with Crippen LogP contribution in [0.1, 0.15) is 51.1 Å². The highest BCUT2D eigenvalue weighted by molar-refractivity contribution is 5.69. The molecule has 1 aliphatic heterocycles. The minimum absolute atomic E-state index is 0.00772. The third kappa shape index (κ3) is 6.09. The Labute approximate surface area is 195 Å². The number of ether oxygens (including phenoxy) is 2. The standard InChI is InChI=1S/C23H27F3N4O4/c1-6-12-32-18-10-9-15(13-16(18)23(24,25)26)19-28-20(34-29-19)17-8-7-11-30(17)14(2)27-21(31)33-22(3,4)5/h6,9-10,13,17H,1-2,7-8,11-12H2,3-5H3,(H,27,31)/t17-/m0/s1. The molecule has 0 spiro atoms. The molecule has 0 radical (unpaired) electrons. The number of nitrogens with one attached hydrogen (secondary N) is 1. The van der Waals surface area contributed by atoms with Gasteiger partial charge in [0, 0.05) is 12.1 Å². The molecule has 1 aromatic carbocycles. The van der Waals surface area contributed by atoms with E-state index in [0.717, 1.165) is 12.5 Å². The van der Waals surface area contributed by atoms with Gasteiger partial charge >= 0.3 is 12.3 Å². The van der Waals surface area contributed by atoms with E-state index in [9.17, 15) is 18.0 Å². The van der Waals surface area contributed by atoms with Crippen LogP contribution in [0.2, 0.25) is 0 Å². The summed E-state index contributed by atoms with van der Waals surface area (Å²) in [6, 6.07) is 3.17. The lowest BCUT2D eigenvalue weighted by molar-refractivity contribution is -0.138. The largest absolute Gasteiger partial charge is 0.489 e. The molecule has 1 aromatic heterocycles. The van der Waals surface area contributed by atoms with Crippen molar-refractivity contribution in [3.05, 3.63) is 54.7 Å². The van der Waals surface area contributed by atoms with Crippen LogP contribution in [0.4, 0.5) is 18.0 Å². The lowest BCUT2D eigenvalue weighted by Crippen LogP contribution is -2.37. The number of aromatic nitrogens is 2. The van der Waals surface area contributed by atoms with Gasteiger partial charge in [0.25, 0.3) is 0 Å². The number of nitrogens with zero attached hydrogens (tertiary/aromatic N) is 3. The Bertz CT molecular complexity index is 1060. The van der Waals surface area contributed by atoms with E-state index in [0.29, 0.717) is 18.8 Å². The van der Waals surface area contributed by atoms with E-state index in [4.69, 9.17) is 14.0 Å². The molecule has 1 saturated heterocycles. The highest BCUT2D eigenvalue weighted by atomic mass is 19.4. The highest BCUT2D eigenvalue weighted by Gasteiger charge is 2.36. The monoisotopic (exact) mass is 480 g/mol. The average Bonchev–Trinajstić information content (AvgIpc) is 3.39. The first-order valence-electron chi connectivity index (χ1n) is 10.6. The summed E-state index contributed by atoms with van der Waals surface area (Å²) in [6.45, 7) is 13.1. The summed E-state index contributed by atoms with van der Waals surface area (Å²) < 4.78 is 56.4. The third-order valence-corrected chi connectivity index (χ3v) is 4.87. The second kappa shape index (κ2) is 9.78. The zero-order valence-corrected chi connectivity index (χ0v) is 19.2. The quantitative estimate of drug-likeness (QED) is 0.527. The molecule has 0 unspecified atom stereocenters. The summed E-state index contributed by atoms with van der Waals surface area (Å²) in [5, 5.41) is 6.47. The fourth-order valence-electron chi connectivity index (χ4n) is 3.49. The highest BCUT2D eigenvalue weighted by Crippen LogP contribution is 2.39. The van der Waals surface area contributed by atoms with Crippen molar-refractivity contribution in [3.63, 3.8) is 0 Å². The van der Waals surface area contributed by atoms with Gasteiger partial charge in [-0.1, -0.05) is 24.4 Å². The van der Waals surface area contributed by atoms with Crippen LogP contribution >= 0.6 is 0 Å². The summed E-state index contributed by atoms with van der Waals surface area (Å²) in [7, 11) is 0. The lowest BCUT2D eigenvalue weighted by Gasteiger charge is -2.27. The predicted octanol–water partition coefficient (Wildman–Crippen LogP) is 5.45. The summed E-state index contributed by atoms with van der Waals surface area (Å²) >= 11 is 0. The summed E-state index contributed by atoms with van der Waals surface area (Å²) in [5.41, 5.74) is -1.49. The second-order valence-corrected chi connectivity index (χ2v) is 8.69. The average molecular weight is 480 g/mol. The molecule has 2 heterocycles. The normalized spacial score (nSPS) is 16.3. The van der Waals surface area contributed by atoms with Crippen molar-refractivity contribution in [3.8, 4) is 17.1 Å². The molecule has 2 aromatic rings. The summed E-state index contributed by atoms with van der Waals surface area (Å²) in [5.74, 6) is 0.208. The Morgan fingerprint density at radius 1 is 1.35 bits per heavy atom. The van der Waals surface area contributed by atoms with Gasteiger partial charge < -0.3 is 18.9 Å². The van der Waals surface area contributed by atoms with Crippen LogP contribution in [0, 0.1) is 0 Å². The molecule has 1 amide bonds. The number of alkyl carbamates (subject to hydrolysis) is 1. The van der Waals surface area contributed by atoms with Gasteiger partial charge in [-0.05, 0) is 51.8 Å². The number of likely N-dealkylation sites (tertiary alicyclic amines) is 1. The maximum absolute atomic E-state index is 13.5. The topological polar surface area (TPSA) is 89.7 Å². The van der Waals surface area contributed by atoms with E-state index in [1.807, 2.05) is 0 Å². The first-order valence-corrected chi connectivity index (χ1v) is 10.6. The van der Waals surface area contributed by atoms with Crippen molar-refractivity contribution in [1.82, 2.24) is 20.4 Å². The smallest absolute Gasteiger partial charge is 0.419 e. The van der Waals surface area contributed by atoms with Crippen molar-refractivity contribution in [2.24, 2.45) is 0 Å². The Kier molecular flexibility index (Phi) is 7.23. The van der Waals surface area contributed by atoms with E-state index in [2.05, 4.69) is 28.6 Å². The molecule has 0 aliphatic carbocycles. The number of hydrogen-bond acceptors (Lipinski definition) is 7. The number of carbonyl (C=O) groups excluding carboxylic acids is 1. The van der Waals surface area contributed by atoms with E-state index in [1.54, 1.807) is 25.7 Å². The van der Waals surface area contributed by atoms with Gasteiger partial charge in [0.2, 0.25) is 11.7 Å². The van der Waals surface area contributed by atoms with Crippen molar-refractivity contribution in [1.29, 1.82) is 0 Å². The molecule has 0 saturated carbocycles. The summed E-state index contributed by atoms with van der Waals surface area (Å²) in [4.78, 5) is 18.2. The SMILES string of the molecule is C=CCOc1ccc(-c2noc([C@@H]3CCCN3C(=C)NC(=O)OC(C)(C)C)n2)cc1C(F)(F)F. The fraction of sp³-hybridized carbons (Fsp3) is 0.435. The van der Waals surface area contributed by atoms with Crippen LogP contribution in [0.15, 0.2) is 47.8 Å². The molecule has 1 fully saturated rings. The van der Waals surface area contributed by atoms with Gasteiger partial charge in [-0.25, -0.2) is 4.79 Å². The second-order valence-electron chi connectivity index (χ2n) is 8.69. The first-order chi connectivity index (χ1) is 15.9. The Hall–Kier alpha value is -3.50. The third-order valence-electron chi connectivity index (χ3n) is 4.87. The number of carbonyl (C=O) groups is 1.